The van der Waals surface area contributed by atoms with Gasteiger partial charge in [0.2, 0.25) is 11.8 Å². The zero-order valence-electron chi connectivity index (χ0n) is 16.2. The van der Waals surface area contributed by atoms with Gasteiger partial charge in [0, 0.05) is 54.4 Å². The lowest BCUT2D eigenvalue weighted by Gasteiger charge is -2.16. The Hall–Kier alpha value is -3.68. The van der Waals surface area contributed by atoms with Crippen LogP contribution in [0.5, 0.6) is 0 Å². The van der Waals surface area contributed by atoms with Gasteiger partial charge >= 0.3 is 0 Å². The van der Waals surface area contributed by atoms with Crippen molar-refractivity contribution in [1.29, 1.82) is 0 Å². The second-order valence-corrected chi connectivity index (χ2v) is 7.17. The summed E-state index contributed by atoms with van der Waals surface area (Å²) in [5.41, 5.74) is 2.02. The second kappa shape index (κ2) is 8.36. The molecule has 3 aromatic rings. The molecular formula is C22H21FN4O3. The Morgan fingerprint density at radius 2 is 1.83 bits per heavy atom. The van der Waals surface area contributed by atoms with E-state index in [9.17, 15) is 18.8 Å². The van der Waals surface area contributed by atoms with Crippen LogP contribution in [0.15, 0.2) is 54.7 Å². The maximum absolute atomic E-state index is 13.1. The van der Waals surface area contributed by atoms with E-state index in [1.54, 1.807) is 18.3 Å². The minimum absolute atomic E-state index is 0.102. The summed E-state index contributed by atoms with van der Waals surface area (Å²) in [5.74, 6) is -1.49. The molecule has 1 atom stereocenters. The van der Waals surface area contributed by atoms with E-state index < -0.39 is 5.92 Å². The number of aromatic amines is 1. The van der Waals surface area contributed by atoms with Crippen molar-refractivity contribution >= 4 is 34.3 Å². The number of rotatable bonds is 6. The van der Waals surface area contributed by atoms with Crippen LogP contribution in [0.3, 0.4) is 0 Å². The topological polar surface area (TPSA) is 94.3 Å². The van der Waals surface area contributed by atoms with Crippen LogP contribution in [0, 0.1) is 11.7 Å². The molecule has 1 aliphatic rings. The van der Waals surface area contributed by atoms with Crippen molar-refractivity contribution in [3.8, 4) is 0 Å². The summed E-state index contributed by atoms with van der Waals surface area (Å²) in [6.07, 6.45) is 1.88. The highest BCUT2D eigenvalue weighted by atomic mass is 19.1. The number of H-pyrrole nitrogens is 1. The molecule has 0 saturated carbocycles. The molecule has 154 valence electrons. The van der Waals surface area contributed by atoms with Crippen molar-refractivity contribution in [3.05, 3.63) is 66.1 Å². The molecule has 3 amide bonds. The summed E-state index contributed by atoms with van der Waals surface area (Å²) in [6.45, 7) is 0.779. The van der Waals surface area contributed by atoms with Gasteiger partial charge in [0.25, 0.3) is 5.91 Å². The third-order valence-electron chi connectivity index (χ3n) is 5.18. The fourth-order valence-electron chi connectivity index (χ4n) is 3.64. The number of carbonyl (C=O) groups excluding carboxylic acids is 3. The van der Waals surface area contributed by atoms with Gasteiger partial charge in [-0.3, -0.25) is 14.4 Å². The predicted molar refractivity (Wildman–Crippen MR) is 111 cm³/mol. The van der Waals surface area contributed by atoms with Crippen molar-refractivity contribution in [3.63, 3.8) is 0 Å². The van der Waals surface area contributed by atoms with Gasteiger partial charge in [0.1, 0.15) is 5.82 Å². The Balaban J connectivity index is 1.26. The van der Waals surface area contributed by atoms with E-state index in [2.05, 4.69) is 15.6 Å². The molecule has 1 fully saturated rings. The van der Waals surface area contributed by atoms with E-state index in [1.165, 1.54) is 29.2 Å². The van der Waals surface area contributed by atoms with Crippen LogP contribution >= 0.6 is 0 Å². The highest BCUT2D eigenvalue weighted by molar-refractivity contribution is 6.06. The number of halogens is 1. The van der Waals surface area contributed by atoms with Crippen molar-refractivity contribution < 1.29 is 18.8 Å². The largest absolute Gasteiger partial charge is 0.361 e. The molecule has 1 aliphatic heterocycles. The first-order chi connectivity index (χ1) is 14.5. The zero-order chi connectivity index (χ0) is 21.1. The highest BCUT2D eigenvalue weighted by Crippen LogP contribution is 2.25. The van der Waals surface area contributed by atoms with Gasteiger partial charge in [-0.2, -0.15) is 0 Å². The first-order valence-electron chi connectivity index (χ1n) is 9.71. The summed E-state index contributed by atoms with van der Waals surface area (Å²) in [5, 5.41) is 6.40. The van der Waals surface area contributed by atoms with Gasteiger partial charge < -0.3 is 20.5 Å². The molecule has 30 heavy (non-hydrogen) atoms. The molecular weight excluding hydrogens is 387 g/mol. The average Bonchev–Trinajstić information content (AvgIpc) is 3.38. The second-order valence-electron chi connectivity index (χ2n) is 7.17. The van der Waals surface area contributed by atoms with Crippen LogP contribution in [0.2, 0.25) is 0 Å². The zero-order valence-corrected chi connectivity index (χ0v) is 16.2. The number of anilines is 1. The molecule has 7 nitrogen and oxygen atoms in total. The van der Waals surface area contributed by atoms with E-state index in [4.69, 9.17) is 0 Å². The molecule has 0 unspecified atom stereocenters. The molecule has 1 aromatic heterocycles. The number of benzene rings is 2. The van der Waals surface area contributed by atoms with Gasteiger partial charge in [-0.25, -0.2) is 4.39 Å². The summed E-state index contributed by atoms with van der Waals surface area (Å²) < 4.78 is 13.1. The Morgan fingerprint density at radius 1 is 1.07 bits per heavy atom. The van der Waals surface area contributed by atoms with Crippen LogP contribution in [0.25, 0.3) is 10.9 Å². The quantitative estimate of drug-likeness (QED) is 0.546. The molecule has 2 aromatic carbocycles. The monoisotopic (exact) mass is 408 g/mol. The van der Waals surface area contributed by atoms with Crippen molar-refractivity contribution in [2.75, 3.05) is 24.5 Å². The van der Waals surface area contributed by atoms with E-state index in [1.807, 2.05) is 12.1 Å². The van der Waals surface area contributed by atoms with Gasteiger partial charge in [-0.15, -0.1) is 0 Å². The summed E-state index contributed by atoms with van der Waals surface area (Å²) in [6, 6.07) is 12.9. The van der Waals surface area contributed by atoms with Crippen molar-refractivity contribution in [2.24, 2.45) is 5.92 Å². The maximum atomic E-state index is 13.1. The normalized spacial score (nSPS) is 16.1. The maximum Gasteiger partial charge on any atom is 0.252 e. The van der Waals surface area contributed by atoms with Crippen molar-refractivity contribution in [1.82, 2.24) is 15.6 Å². The van der Waals surface area contributed by atoms with Crippen LogP contribution in [-0.2, 0) is 9.59 Å². The number of nitrogens with zero attached hydrogens (tertiary/aromatic N) is 1. The molecule has 3 N–H and O–H groups in total. The van der Waals surface area contributed by atoms with Gasteiger partial charge in [-0.05, 0) is 42.5 Å². The van der Waals surface area contributed by atoms with Crippen LogP contribution in [-0.4, -0.2) is 42.3 Å². The van der Waals surface area contributed by atoms with E-state index in [0.717, 1.165) is 10.9 Å². The van der Waals surface area contributed by atoms with E-state index in [0.29, 0.717) is 11.3 Å². The lowest BCUT2D eigenvalue weighted by atomic mass is 10.1. The third kappa shape index (κ3) is 4.03. The third-order valence-corrected chi connectivity index (χ3v) is 5.18. The molecule has 1 saturated heterocycles. The smallest absolute Gasteiger partial charge is 0.252 e. The first-order valence-corrected chi connectivity index (χ1v) is 9.71. The molecule has 0 spiro atoms. The lowest BCUT2D eigenvalue weighted by molar-refractivity contribution is -0.126. The van der Waals surface area contributed by atoms with Crippen LogP contribution in [0.4, 0.5) is 10.1 Å². The number of carbonyl (C=O) groups is 3. The lowest BCUT2D eigenvalue weighted by Crippen LogP contribution is -2.38. The summed E-state index contributed by atoms with van der Waals surface area (Å²) in [7, 11) is 0. The minimum atomic E-state index is -0.480. The predicted octanol–water partition coefficient (Wildman–Crippen LogP) is 2.21. The SMILES string of the molecule is O=C(NCCNC(=O)[C@@H]1CC(=O)N(c2ccc(F)cc2)C1)c1cccc2[nH]ccc12. The number of fused-ring (bicyclic) bond motifs is 1. The molecule has 0 aliphatic carbocycles. The minimum Gasteiger partial charge on any atom is -0.361 e. The molecule has 0 radical (unpaired) electrons. The molecule has 4 rings (SSSR count). The number of hydrogen-bond acceptors (Lipinski definition) is 3. The van der Waals surface area contributed by atoms with Gasteiger partial charge in [0.05, 0.1) is 5.92 Å². The Morgan fingerprint density at radius 3 is 2.63 bits per heavy atom. The number of hydrogen-bond donors (Lipinski definition) is 3. The first kappa shape index (κ1) is 19.6. The van der Waals surface area contributed by atoms with Crippen LogP contribution < -0.4 is 15.5 Å². The van der Waals surface area contributed by atoms with Crippen LogP contribution in [0.1, 0.15) is 16.8 Å². The highest BCUT2D eigenvalue weighted by Gasteiger charge is 2.34. The Labute approximate surface area is 172 Å². The summed E-state index contributed by atoms with van der Waals surface area (Å²) in [4.78, 5) is 41.6. The Bertz CT molecular complexity index is 1090. The number of nitrogens with one attached hydrogen (secondary N) is 3. The van der Waals surface area contributed by atoms with E-state index >= 15 is 0 Å². The van der Waals surface area contributed by atoms with Crippen molar-refractivity contribution in [2.45, 2.75) is 6.42 Å². The number of amides is 3. The van der Waals surface area contributed by atoms with E-state index in [-0.39, 0.29) is 49.6 Å². The number of aromatic nitrogens is 1. The average molecular weight is 408 g/mol. The summed E-state index contributed by atoms with van der Waals surface area (Å²) >= 11 is 0. The van der Waals surface area contributed by atoms with Gasteiger partial charge in [-0.1, -0.05) is 6.07 Å². The molecule has 2 heterocycles. The Kier molecular flexibility index (Phi) is 5.47. The fraction of sp³-hybridized carbons (Fsp3) is 0.227. The van der Waals surface area contributed by atoms with Gasteiger partial charge in [0.15, 0.2) is 0 Å². The fourth-order valence-corrected chi connectivity index (χ4v) is 3.64. The molecule has 0 bridgehead atoms. The molecule has 8 heteroatoms. The standard InChI is InChI=1S/C22H21FN4O3/c23-15-4-6-16(7-5-15)27-13-14(12-20(27)28)21(29)25-10-11-26-22(30)18-2-1-3-19-17(18)8-9-24-19/h1-9,14,24H,10-13H2,(H,25,29)(H,26,30)/t14-/m1/s1.